The summed E-state index contributed by atoms with van der Waals surface area (Å²) in [5.41, 5.74) is 0.662. The fourth-order valence-electron chi connectivity index (χ4n) is 2.12. The molecule has 0 spiro atoms. The topological polar surface area (TPSA) is 29.1 Å². The lowest BCUT2D eigenvalue weighted by molar-refractivity contribution is 0.0975. The summed E-state index contributed by atoms with van der Waals surface area (Å²) in [6, 6.07) is 7.28. The predicted molar refractivity (Wildman–Crippen MR) is 66.0 cm³/mol. The molecule has 0 aromatic heterocycles. The minimum Gasteiger partial charge on any atom is -0.316 e. The van der Waals surface area contributed by atoms with E-state index in [1.165, 1.54) is 6.42 Å². The van der Waals surface area contributed by atoms with Gasteiger partial charge in [-0.25, -0.2) is 0 Å². The predicted octanol–water partition coefficient (Wildman–Crippen LogP) is 2.91. The number of rotatable bonds is 4. The number of ketones is 1. The van der Waals surface area contributed by atoms with Crippen LogP contribution in [0.1, 0.15) is 29.6 Å². The Labute approximate surface area is 101 Å². The van der Waals surface area contributed by atoms with Crippen LogP contribution in [0.3, 0.4) is 0 Å². The highest BCUT2D eigenvalue weighted by atomic mass is 35.5. The first-order chi connectivity index (χ1) is 7.77. The largest absolute Gasteiger partial charge is 0.316 e. The van der Waals surface area contributed by atoms with Gasteiger partial charge in [0, 0.05) is 12.0 Å². The van der Waals surface area contributed by atoms with E-state index in [9.17, 15) is 4.79 Å². The molecule has 1 atom stereocenters. The molecule has 0 aliphatic carbocycles. The van der Waals surface area contributed by atoms with E-state index in [1.807, 2.05) is 12.1 Å². The minimum atomic E-state index is 0.164. The molecule has 2 nitrogen and oxygen atoms in total. The highest BCUT2D eigenvalue weighted by Gasteiger charge is 2.17. The minimum absolute atomic E-state index is 0.164. The molecule has 86 valence electrons. The zero-order valence-electron chi connectivity index (χ0n) is 9.21. The number of hydrogen-bond donors (Lipinski definition) is 1. The van der Waals surface area contributed by atoms with E-state index >= 15 is 0 Å². The van der Waals surface area contributed by atoms with Crippen LogP contribution in [-0.2, 0) is 0 Å². The van der Waals surface area contributed by atoms with Gasteiger partial charge in [-0.3, -0.25) is 4.79 Å². The van der Waals surface area contributed by atoms with E-state index in [2.05, 4.69) is 5.32 Å². The highest BCUT2D eigenvalue weighted by Crippen LogP contribution is 2.20. The summed E-state index contributed by atoms with van der Waals surface area (Å²) in [7, 11) is 0. The number of Topliss-reactive ketones (excluding diaryl/α,β-unsaturated/α-hetero) is 1. The maximum absolute atomic E-state index is 11.9. The number of nitrogens with one attached hydrogen (secondary N) is 1. The first kappa shape index (κ1) is 11.6. The van der Waals surface area contributed by atoms with E-state index in [4.69, 9.17) is 11.6 Å². The number of carbonyl (C=O) groups is 1. The van der Waals surface area contributed by atoms with Gasteiger partial charge in [0.25, 0.3) is 0 Å². The van der Waals surface area contributed by atoms with Gasteiger partial charge < -0.3 is 5.32 Å². The molecule has 1 fully saturated rings. The van der Waals surface area contributed by atoms with Crippen molar-refractivity contribution < 1.29 is 4.79 Å². The lowest BCUT2D eigenvalue weighted by atomic mass is 9.98. The van der Waals surface area contributed by atoms with Gasteiger partial charge in [-0.15, -0.1) is 0 Å². The lowest BCUT2D eigenvalue weighted by Gasteiger charge is -2.07. The van der Waals surface area contributed by atoms with Crippen LogP contribution in [0.15, 0.2) is 24.3 Å². The SMILES string of the molecule is O=C(CCC1CCNC1)c1ccccc1Cl. The Balaban J connectivity index is 1.90. The van der Waals surface area contributed by atoms with Gasteiger partial charge in [0.1, 0.15) is 0 Å². The molecule has 0 amide bonds. The number of carbonyl (C=O) groups excluding carboxylic acids is 1. The van der Waals surface area contributed by atoms with Crippen LogP contribution in [0.2, 0.25) is 5.02 Å². The fraction of sp³-hybridized carbons (Fsp3) is 0.462. The van der Waals surface area contributed by atoms with Crippen molar-refractivity contribution in [2.24, 2.45) is 5.92 Å². The molecular weight excluding hydrogens is 222 g/mol. The Kier molecular flexibility index (Phi) is 3.97. The summed E-state index contributed by atoms with van der Waals surface area (Å²) < 4.78 is 0. The van der Waals surface area contributed by atoms with Crippen molar-refractivity contribution in [2.45, 2.75) is 19.3 Å². The molecule has 3 heteroatoms. The normalized spacial score (nSPS) is 19.9. The van der Waals surface area contributed by atoms with Crippen molar-refractivity contribution in [1.29, 1.82) is 0 Å². The third-order valence-corrected chi connectivity index (χ3v) is 3.45. The van der Waals surface area contributed by atoms with Crippen LogP contribution in [0.25, 0.3) is 0 Å². The molecule has 16 heavy (non-hydrogen) atoms. The molecule has 1 aromatic rings. The average molecular weight is 238 g/mol. The van der Waals surface area contributed by atoms with Gasteiger partial charge in [0.15, 0.2) is 5.78 Å². The van der Waals surface area contributed by atoms with Gasteiger partial charge in [-0.1, -0.05) is 23.7 Å². The quantitative estimate of drug-likeness (QED) is 0.816. The van der Waals surface area contributed by atoms with E-state index in [0.717, 1.165) is 19.5 Å². The van der Waals surface area contributed by atoms with Crippen molar-refractivity contribution in [1.82, 2.24) is 5.32 Å². The second kappa shape index (κ2) is 5.46. The zero-order valence-corrected chi connectivity index (χ0v) is 9.96. The van der Waals surface area contributed by atoms with E-state index in [1.54, 1.807) is 12.1 Å². The molecule has 1 N–H and O–H groups in total. The van der Waals surface area contributed by atoms with Gasteiger partial charge >= 0.3 is 0 Å². The fourth-order valence-corrected chi connectivity index (χ4v) is 2.36. The molecule has 1 aliphatic rings. The van der Waals surface area contributed by atoms with E-state index in [-0.39, 0.29) is 5.78 Å². The first-order valence-corrected chi connectivity index (χ1v) is 6.13. The Morgan fingerprint density at radius 2 is 2.25 bits per heavy atom. The van der Waals surface area contributed by atoms with Gasteiger partial charge in [0.2, 0.25) is 0 Å². The van der Waals surface area contributed by atoms with Crippen molar-refractivity contribution in [3.05, 3.63) is 34.9 Å². The third-order valence-electron chi connectivity index (χ3n) is 3.12. The summed E-state index contributed by atoms with van der Waals surface area (Å²) in [5, 5.41) is 3.88. The standard InChI is InChI=1S/C13H16ClNO/c14-12-4-2-1-3-11(12)13(16)6-5-10-7-8-15-9-10/h1-4,10,15H,5-9H2. The molecule has 1 saturated heterocycles. The van der Waals surface area contributed by atoms with Gasteiger partial charge in [-0.05, 0) is 44.0 Å². The second-order valence-corrected chi connectivity index (χ2v) is 4.71. The van der Waals surface area contributed by atoms with Crippen LogP contribution in [-0.4, -0.2) is 18.9 Å². The Morgan fingerprint density at radius 1 is 1.44 bits per heavy atom. The van der Waals surface area contributed by atoms with Crippen molar-refractivity contribution in [2.75, 3.05) is 13.1 Å². The van der Waals surface area contributed by atoms with Crippen LogP contribution >= 0.6 is 11.6 Å². The Morgan fingerprint density at radius 3 is 2.94 bits per heavy atom. The van der Waals surface area contributed by atoms with Gasteiger partial charge in [0.05, 0.1) is 5.02 Å². The molecule has 2 rings (SSSR count). The smallest absolute Gasteiger partial charge is 0.164 e. The molecule has 0 radical (unpaired) electrons. The van der Waals surface area contributed by atoms with Crippen molar-refractivity contribution >= 4 is 17.4 Å². The molecule has 0 bridgehead atoms. The van der Waals surface area contributed by atoms with E-state index in [0.29, 0.717) is 22.9 Å². The number of halogens is 1. The summed E-state index contributed by atoms with van der Waals surface area (Å²) >= 11 is 5.98. The van der Waals surface area contributed by atoms with Gasteiger partial charge in [-0.2, -0.15) is 0 Å². The van der Waals surface area contributed by atoms with E-state index < -0.39 is 0 Å². The Hall–Kier alpha value is -0.860. The maximum atomic E-state index is 11.9. The average Bonchev–Trinajstić information content (AvgIpc) is 2.79. The van der Waals surface area contributed by atoms with Crippen LogP contribution in [0, 0.1) is 5.92 Å². The summed E-state index contributed by atoms with van der Waals surface area (Å²) in [6.45, 7) is 2.14. The molecule has 1 aromatic carbocycles. The number of benzene rings is 1. The molecule has 1 heterocycles. The molecule has 1 aliphatic heterocycles. The maximum Gasteiger partial charge on any atom is 0.164 e. The lowest BCUT2D eigenvalue weighted by Crippen LogP contribution is -2.10. The summed E-state index contributed by atoms with van der Waals surface area (Å²) in [5.74, 6) is 0.823. The van der Waals surface area contributed by atoms with Crippen LogP contribution < -0.4 is 5.32 Å². The summed E-state index contributed by atoms with van der Waals surface area (Å²) in [4.78, 5) is 11.9. The molecule has 0 saturated carbocycles. The first-order valence-electron chi connectivity index (χ1n) is 5.76. The van der Waals surface area contributed by atoms with Crippen LogP contribution in [0.4, 0.5) is 0 Å². The summed E-state index contributed by atoms with van der Waals surface area (Å²) in [6.07, 6.45) is 2.77. The second-order valence-electron chi connectivity index (χ2n) is 4.30. The third kappa shape index (κ3) is 2.83. The van der Waals surface area contributed by atoms with Crippen molar-refractivity contribution in [3.8, 4) is 0 Å². The highest BCUT2D eigenvalue weighted by molar-refractivity contribution is 6.33. The zero-order chi connectivity index (χ0) is 11.4. The van der Waals surface area contributed by atoms with Crippen LogP contribution in [0.5, 0.6) is 0 Å². The van der Waals surface area contributed by atoms with Crippen molar-refractivity contribution in [3.63, 3.8) is 0 Å². The monoisotopic (exact) mass is 237 g/mol. The Bertz CT molecular complexity index is 372. The molecular formula is C13H16ClNO. The molecule has 1 unspecified atom stereocenters. The number of hydrogen-bond acceptors (Lipinski definition) is 2.